The lowest BCUT2D eigenvalue weighted by Crippen LogP contribution is -2.66. The van der Waals surface area contributed by atoms with Crippen molar-refractivity contribution in [2.24, 2.45) is 5.41 Å². The van der Waals surface area contributed by atoms with Crippen LogP contribution in [-0.4, -0.2) is 86.4 Å². The van der Waals surface area contributed by atoms with Crippen LogP contribution < -0.4 is 0 Å². The van der Waals surface area contributed by atoms with Crippen molar-refractivity contribution in [3.05, 3.63) is 54.1 Å². The van der Waals surface area contributed by atoms with Gasteiger partial charge in [0.1, 0.15) is 17.0 Å². The molecule has 3 rings (SSSR count). The Hall–Kier alpha value is -3.40. The Morgan fingerprint density at radius 2 is 1.50 bits per heavy atom. The number of carbonyl (C=O) groups is 3. The van der Waals surface area contributed by atoms with E-state index in [2.05, 4.69) is 4.90 Å². The third-order valence-corrected chi connectivity index (χ3v) is 11.9. The number of hydrogen-bond donors (Lipinski definition) is 2. The van der Waals surface area contributed by atoms with Gasteiger partial charge in [0.2, 0.25) is 7.37 Å². The lowest BCUT2D eigenvalue weighted by atomic mass is 9.74. The monoisotopic (exact) mass is 716 g/mol. The molecule has 1 fully saturated rings. The molecule has 12 heteroatoms. The smallest absolute Gasteiger partial charge is 0.419 e. The fourth-order valence-corrected chi connectivity index (χ4v) is 10.3. The van der Waals surface area contributed by atoms with Crippen molar-refractivity contribution in [3.63, 3.8) is 0 Å². The third-order valence-electron chi connectivity index (χ3n) is 8.60. The Morgan fingerprint density at radius 1 is 0.920 bits per heavy atom. The number of carbonyl (C=O) groups excluding carboxylic acids is 2. The third kappa shape index (κ3) is 9.89. The van der Waals surface area contributed by atoms with Crippen LogP contribution in [0.25, 0.3) is 11.1 Å². The maximum atomic E-state index is 15.0. The molecule has 2 aromatic rings. The molecular formula is C38H57N2O9P. The Bertz CT molecular complexity index is 1510. The van der Waals surface area contributed by atoms with E-state index in [1.165, 1.54) is 0 Å². The summed E-state index contributed by atoms with van der Waals surface area (Å²) in [4.78, 5) is 43.0. The molecule has 1 heterocycles. The van der Waals surface area contributed by atoms with Crippen molar-refractivity contribution >= 4 is 25.5 Å². The molecule has 0 saturated carbocycles. The topological polar surface area (TPSA) is 143 Å². The van der Waals surface area contributed by atoms with Crippen molar-refractivity contribution in [1.29, 1.82) is 0 Å². The molecule has 2 aromatic carbocycles. The zero-order chi connectivity index (χ0) is 37.7. The van der Waals surface area contributed by atoms with Crippen molar-refractivity contribution in [3.8, 4) is 16.9 Å². The summed E-state index contributed by atoms with van der Waals surface area (Å²) in [7, 11) is -3.82. The maximum Gasteiger partial charge on any atom is 0.419 e. The average molecular weight is 717 g/mol. The van der Waals surface area contributed by atoms with E-state index in [1.807, 2.05) is 57.2 Å². The quantitative estimate of drug-likeness (QED) is 0.171. The molecule has 1 saturated heterocycles. The molecule has 2 N–H and O–H groups in total. The summed E-state index contributed by atoms with van der Waals surface area (Å²) in [6.45, 7) is 18.4. The van der Waals surface area contributed by atoms with Crippen molar-refractivity contribution < 1.29 is 43.2 Å². The fraction of sp³-hybridized carbons (Fsp3) is 0.605. The van der Waals surface area contributed by atoms with Crippen molar-refractivity contribution in [1.82, 2.24) is 9.80 Å². The lowest BCUT2D eigenvalue weighted by molar-refractivity contribution is -0.146. The number of rotatable bonds is 11. The van der Waals surface area contributed by atoms with Gasteiger partial charge in [0, 0.05) is 31.8 Å². The van der Waals surface area contributed by atoms with E-state index in [-0.39, 0.29) is 44.3 Å². The number of ether oxygens (including phenoxy) is 2. The Balaban J connectivity index is 2.03. The highest BCUT2D eigenvalue weighted by Crippen LogP contribution is 2.67. The average Bonchev–Trinajstić information content (AvgIpc) is 2.97. The summed E-state index contributed by atoms with van der Waals surface area (Å²) in [5, 5.41) is 19.8. The molecule has 3 atom stereocenters. The van der Waals surface area contributed by atoms with E-state index in [1.54, 1.807) is 60.6 Å². The predicted octanol–water partition coefficient (Wildman–Crippen LogP) is 8.77. The van der Waals surface area contributed by atoms with Crippen molar-refractivity contribution in [2.75, 3.05) is 25.9 Å². The van der Waals surface area contributed by atoms with Crippen LogP contribution >= 0.6 is 7.37 Å². The SMILES string of the molecule is CCOP1(=O)CCN(Cc2ccc(O)cc2-c2ccccc2)C(C(C)(C)C)C1(CCCCN(C(=O)OC(C)(C)C)C(=O)OC(C)(C)C)C(=O)O. The Kier molecular flexibility index (Phi) is 13.0. The van der Waals surface area contributed by atoms with Crippen LogP contribution in [0.3, 0.4) is 0 Å². The Morgan fingerprint density at radius 3 is 2.00 bits per heavy atom. The van der Waals surface area contributed by atoms with Gasteiger partial charge < -0.3 is 24.2 Å². The first-order valence-corrected chi connectivity index (χ1v) is 19.2. The molecule has 0 aliphatic carbocycles. The van der Waals surface area contributed by atoms with Crippen LogP contribution in [0.5, 0.6) is 5.75 Å². The molecule has 278 valence electrons. The number of unbranched alkanes of at least 4 members (excludes halogenated alkanes) is 1. The van der Waals surface area contributed by atoms with Gasteiger partial charge in [0.25, 0.3) is 0 Å². The van der Waals surface area contributed by atoms with Crippen molar-refractivity contribution in [2.45, 2.75) is 117 Å². The van der Waals surface area contributed by atoms with Gasteiger partial charge in [-0.25, -0.2) is 14.5 Å². The highest BCUT2D eigenvalue weighted by Gasteiger charge is 2.66. The number of hydrogen-bond acceptors (Lipinski definition) is 9. The van der Waals surface area contributed by atoms with Crippen LogP contribution in [0, 0.1) is 5.41 Å². The first-order chi connectivity index (χ1) is 23.0. The molecule has 11 nitrogen and oxygen atoms in total. The van der Waals surface area contributed by atoms with Gasteiger partial charge in [-0.1, -0.05) is 57.2 Å². The summed E-state index contributed by atoms with van der Waals surface area (Å²) >= 11 is 0. The minimum atomic E-state index is -3.82. The minimum absolute atomic E-state index is 0.0182. The van der Waals surface area contributed by atoms with E-state index in [0.29, 0.717) is 13.1 Å². The minimum Gasteiger partial charge on any atom is -0.508 e. The lowest BCUT2D eigenvalue weighted by Gasteiger charge is -2.55. The number of benzene rings is 2. The summed E-state index contributed by atoms with van der Waals surface area (Å²) in [6, 6.07) is 14.1. The molecule has 0 aromatic heterocycles. The number of carboxylic acid groups (broad SMARTS) is 1. The molecule has 1 aliphatic rings. The molecule has 50 heavy (non-hydrogen) atoms. The number of aliphatic carboxylic acids is 1. The Labute approximate surface area is 297 Å². The zero-order valence-electron chi connectivity index (χ0n) is 31.4. The van der Waals surface area contributed by atoms with E-state index in [4.69, 9.17) is 14.0 Å². The maximum absolute atomic E-state index is 15.0. The van der Waals surface area contributed by atoms with Gasteiger partial charge in [-0.2, -0.15) is 0 Å². The molecule has 0 spiro atoms. The number of phenolic OH excluding ortho intramolecular Hbond substituents is 1. The summed E-state index contributed by atoms with van der Waals surface area (Å²) in [5.41, 5.74) is 0.222. The second-order valence-electron chi connectivity index (χ2n) is 16.1. The molecule has 0 radical (unpaired) electrons. The molecular weight excluding hydrogens is 659 g/mol. The normalized spacial score (nSPS) is 21.8. The highest BCUT2D eigenvalue weighted by molar-refractivity contribution is 7.62. The van der Waals surface area contributed by atoms with Crippen LogP contribution in [0.1, 0.15) is 94.1 Å². The van der Waals surface area contributed by atoms with Gasteiger partial charge in [-0.05, 0) is 102 Å². The second kappa shape index (κ2) is 15.9. The van der Waals surface area contributed by atoms with E-state index in [9.17, 15) is 29.2 Å². The van der Waals surface area contributed by atoms with Gasteiger partial charge in [-0.15, -0.1) is 0 Å². The number of phenols is 1. The summed E-state index contributed by atoms with van der Waals surface area (Å²) in [6.07, 6.45) is -1.26. The van der Waals surface area contributed by atoms with E-state index < -0.39 is 53.3 Å². The van der Waals surface area contributed by atoms with Gasteiger partial charge >= 0.3 is 18.2 Å². The van der Waals surface area contributed by atoms with E-state index in [0.717, 1.165) is 21.6 Å². The van der Waals surface area contributed by atoms with Gasteiger partial charge in [0.15, 0.2) is 5.16 Å². The first-order valence-electron chi connectivity index (χ1n) is 17.4. The molecule has 3 unspecified atom stereocenters. The first kappa shape index (κ1) is 41.0. The zero-order valence-corrected chi connectivity index (χ0v) is 32.3. The fourth-order valence-electron chi connectivity index (χ4n) is 6.94. The molecule has 1 aliphatic heterocycles. The van der Waals surface area contributed by atoms with Crippen LogP contribution in [0.15, 0.2) is 48.5 Å². The number of imide groups is 1. The molecule has 2 amide bonds. The second-order valence-corrected chi connectivity index (χ2v) is 18.9. The molecule has 0 bridgehead atoms. The predicted molar refractivity (Wildman–Crippen MR) is 195 cm³/mol. The standard InChI is InChI=1S/C38H57N2O9P/c1-11-47-50(46)24-23-39(26-28-19-20-29(41)25-30(28)27-17-13-12-14-18-27)31(35(2,3)4)38(50,32(42)43)21-15-16-22-40(33(44)48-36(5,6)7)34(45)49-37(8,9)10/h12-14,17-20,25,31,41H,11,15-16,21-24,26H2,1-10H3,(H,42,43). The number of carboxylic acids is 1. The van der Waals surface area contributed by atoms with Crippen LogP contribution in [0.2, 0.25) is 0 Å². The summed E-state index contributed by atoms with van der Waals surface area (Å²) < 4.78 is 31.9. The number of amides is 2. The summed E-state index contributed by atoms with van der Waals surface area (Å²) in [5.74, 6) is -1.09. The van der Waals surface area contributed by atoms with Gasteiger partial charge in [0.05, 0.1) is 6.61 Å². The number of aromatic hydroxyl groups is 1. The van der Waals surface area contributed by atoms with E-state index >= 15 is 0 Å². The highest BCUT2D eigenvalue weighted by atomic mass is 31.2. The largest absolute Gasteiger partial charge is 0.508 e. The van der Waals surface area contributed by atoms with Crippen LogP contribution in [0.4, 0.5) is 9.59 Å². The van der Waals surface area contributed by atoms with Crippen LogP contribution in [-0.2, 0) is 29.9 Å². The number of nitrogens with zero attached hydrogens (tertiary/aromatic N) is 2. The van der Waals surface area contributed by atoms with Gasteiger partial charge in [-0.3, -0.25) is 14.3 Å².